The third kappa shape index (κ3) is 3.02. The Labute approximate surface area is 135 Å². The zero-order chi connectivity index (χ0) is 16.6. The maximum Gasteiger partial charge on any atom is 0.311 e. The lowest BCUT2D eigenvalue weighted by atomic mass is 9.85. The van der Waals surface area contributed by atoms with Crippen molar-refractivity contribution < 1.29 is 19.4 Å². The molecule has 0 spiro atoms. The Bertz CT molecular complexity index is 741. The van der Waals surface area contributed by atoms with Gasteiger partial charge in [-0.3, -0.25) is 4.79 Å². The van der Waals surface area contributed by atoms with Crippen molar-refractivity contribution in [2.24, 2.45) is 0 Å². The van der Waals surface area contributed by atoms with Gasteiger partial charge in [0.2, 0.25) is 6.79 Å². The van der Waals surface area contributed by atoms with E-state index in [1.54, 1.807) is 0 Å². The van der Waals surface area contributed by atoms with Gasteiger partial charge in [-0.25, -0.2) is 0 Å². The van der Waals surface area contributed by atoms with Crippen molar-refractivity contribution in [1.29, 1.82) is 0 Å². The van der Waals surface area contributed by atoms with E-state index in [9.17, 15) is 9.90 Å². The third-order valence-electron chi connectivity index (χ3n) is 4.26. The minimum Gasteiger partial charge on any atom is -0.481 e. The minimum absolute atomic E-state index is 0.220. The summed E-state index contributed by atoms with van der Waals surface area (Å²) in [4.78, 5) is 11.9. The molecule has 0 fully saturated rings. The van der Waals surface area contributed by atoms with Crippen LogP contribution in [0.1, 0.15) is 33.7 Å². The number of hydrogen-bond donors (Lipinski definition) is 1. The molecule has 1 atom stereocenters. The predicted molar refractivity (Wildman–Crippen MR) is 87.3 cm³/mol. The number of ether oxygens (including phenoxy) is 2. The predicted octanol–water partition coefficient (Wildman–Crippen LogP) is 3.75. The van der Waals surface area contributed by atoms with Gasteiger partial charge in [-0.2, -0.15) is 0 Å². The molecule has 4 heteroatoms. The SMILES string of the molecule is Cc1cc(C)c(C(Cc2ccc3c(c2)OCO3)C(=O)O)c(C)c1. The first-order valence-electron chi connectivity index (χ1n) is 7.65. The van der Waals surface area contributed by atoms with Gasteiger partial charge in [0.15, 0.2) is 11.5 Å². The van der Waals surface area contributed by atoms with Crippen molar-refractivity contribution in [3.63, 3.8) is 0 Å². The van der Waals surface area contributed by atoms with Gasteiger partial charge in [0.1, 0.15) is 0 Å². The van der Waals surface area contributed by atoms with Gasteiger partial charge >= 0.3 is 5.97 Å². The summed E-state index contributed by atoms with van der Waals surface area (Å²) in [6, 6.07) is 9.70. The number of aryl methyl sites for hydroxylation is 3. The molecule has 23 heavy (non-hydrogen) atoms. The molecular weight excluding hydrogens is 292 g/mol. The third-order valence-corrected chi connectivity index (χ3v) is 4.26. The van der Waals surface area contributed by atoms with Gasteiger partial charge in [0, 0.05) is 0 Å². The van der Waals surface area contributed by atoms with E-state index in [1.807, 2.05) is 51.1 Å². The summed E-state index contributed by atoms with van der Waals surface area (Å²) in [5, 5.41) is 9.74. The highest BCUT2D eigenvalue weighted by molar-refractivity contribution is 5.78. The second-order valence-corrected chi connectivity index (χ2v) is 6.09. The fraction of sp³-hybridized carbons (Fsp3) is 0.316. The maximum atomic E-state index is 11.9. The highest BCUT2D eigenvalue weighted by atomic mass is 16.7. The molecule has 0 bridgehead atoms. The Balaban J connectivity index is 1.96. The molecule has 1 N–H and O–H groups in total. The summed E-state index contributed by atoms with van der Waals surface area (Å²) < 4.78 is 10.7. The van der Waals surface area contributed by atoms with E-state index < -0.39 is 11.9 Å². The van der Waals surface area contributed by atoms with Crippen LogP contribution in [0.2, 0.25) is 0 Å². The Morgan fingerprint density at radius 3 is 2.39 bits per heavy atom. The molecule has 0 saturated carbocycles. The average Bonchev–Trinajstić information content (AvgIpc) is 2.92. The lowest BCUT2D eigenvalue weighted by Crippen LogP contribution is -2.17. The van der Waals surface area contributed by atoms with Gasteiger partial charge in [-0.15, -0.1) is 0 Å². The molecular formula is C19H20O4. The topological polar surface area (TPSA) is 55.8 Å². The lowest BCUT2D eigenvalue weighted by molar-refractivity contribution is -0.138. The van der Waals surface area contributed by atoms with Crippen LogP contribution in [0, 0.1) is 20.8 Å². The van der Waals surface area contributed by atoms with Crippen LogP contribution in [0.4, 0.5) is 0 Å². The minimum atomic E-state index is -0.808. The van der Waals surface area contributed by atoms with E-state index >= 15 is 0 Å². The van der Waals surface area contributed by atoms with Crippen LogP contribution < -0.4 is 9.47 Å². The number of rotatable bonds is 4. The van der Waals surface area contributed by atoms with E-state index in [0.29, 0.717) is 17.9 Å². The van der Waals surface area contributed by atoms with Gasteiger partial charge in [0.25, 0.3) is 0 Å². The quantitative estimate of drug-likeness (QED) is 0.934. The number of fused-ring (bicyclic) bond motifs is 1. The smallest absolute Gasteiger partial charge is 0.311 e. The molecule has 2 aromatic rings. The molecule has 1 unspecified atom stereocenters. The zero-order valence-corrected chi connectivity index (χ0v) is 13.6. The summed E-state index contributed by atoms with van der Waals surface area (Å²) in [5.74, 6) is 0.0148. The number of carboxylic acid groups (broad SMARTS) is 1. The van der Waals surface area contributed by atoms with Gasteiger partial charge in [-0.05, 0) is 61.6 Å². The average molecular weight is 312 g/mol. The molecule has 120 valence electrons. The standard InChI is InChI=1S/C19H20O4/c1-11-6-12(2)18(13(3)7-11)15(19(20)21)8-14-4-5-16-17(9-14)23-10-22-16/h4-7,9,15H,8,10H2,1-3H3,(H,20,21). The van der Waals surface area contributed by atoms with Gasteiger partial charge in [-0.1, -0.05) is 23.8 Å². The van der Waals surface area contributed by atoms with Gasteiger partial charge in [0.05, 0.1) is 5.92 Å². The van der Waals surface area contributed by atoms with E-state index in [4.69, 9.17) is 9.47 Å². The summed E-state index contributed by atoms with van der Waals surface area (Å²) >= 11 is 0. The summed E-state index contributed by atoms with van der Waals surface area (Å²) in [5.41, 5.74) is 5.03. The van der Waals surface area contributed by atoms with Crippen molar-refractivity contribution in [2.75, 3.05) is 6.79 Å². The Morgan fingerprint density at radius 1 is 1.09 bits per heavy atom. The first kappa shape index (κ1) is 15.4. The number of benzene rings is 2. The summed E-state index contributed by atoms with van der Waals surface area (Å²) in [7, 11) is 0. The van der Waals surface area contributed by atoms with E-state index in [-0.39, 0.29) is 6.79 Å². The first-order valence-corrected chi connectivity index (χ1v) is 7.65. The molecule has 1 aliphatic rings. The van der Waals surface area contributed by atoms with Crippen molar-refractivity contribution in [1.82, 2.24) is 0 Å². The molecule has 1 aliphatic heterocycles. The Morgan fingerprint density at radius 2 is 1.74 bits per heavy atom. The zero-order valence-electron chi connectivity index (χ0n) is 13.6. The summed E-state index contributed by atoms with van der Waals surface area (Å²) in [6.45, 7) is 6.20. The van der Waals surface area contributed by atoms with E-state index in [0.717, 1.165) is 27.8 Å². The van der Waals surface area contributed by atoms with Crippen molar-refractivity contribution >= 4 is 5.97 Å². The largest absolute Gasteiger partial charge is 0.481 e. The van der Waals surface area contributed by atoms with Crippen molar-refractivity contribution in [3.05, 3.63) is 58.1 Å². The Hall–Kier alpha value is -2.49. The Kier molecular flexibility index (Phi) is 3.99. The molecule has 1 heterocycles. The lowest BCUT2D eigenvalue weighted by Gasteiger charge is -2.19. The molecule has 0 amide bonds. The van der Waals surface area contributed by atoms with Gasteiger partial charge < -0.3 is 14.6 Å². The van der Waals surface area contributed by atoms with Crippen molar-refractivity contribution in [2.45, 2.75) is 33.1 Å². The molecule has 2 aromatic carbocycles. The van der Waals surface area contributed by atoms with Crippen LogP contribution in [0.3, 0.4) is 0 Å². The monoisotopic (exact) mass is 312 g/mol. The number of aliphatic carboxylic acids is 1. The van der Waals surface area contributed by atoms with E-state index in [2.05, 4.69) is 0 Å². The van der Waals surface area contributed by atoms with Crippen LogP contribution in [0.5, 0.6) is 11.5 Å². The first-order chi connectivity index (χ1) is 11.0. The number of hydrogen-bond acceptors (Lipinski definition) is 3. The van der Waals surface area contributed by atoms with Crippen LogP contribution in [0.25, 0.3) is 0 Å². The highest BCUT2D eigenvalue weighted by Crippen LogP contribution is 2.35. The molecule has 0 saturated heterocycles. The van der Waals surface area contributed by atoms with Crippen molar-refractivity contribution in [3.8, 4) is 11.5 Å². The highest BCUT2D eigenvalue weighted by Gasteiger charge is 2.25. The van der Waals surface area contributed by atoms with Crippen LogP contribution >= 0.6 is 0 Å². The maximum absolute atomic E-state index is 11.9. The summed E-state index contributed by atoms with van der Waals surface area (Å²) in [6.07, 6.45) is 0.427. The fourth-order valence-corrected chi connectivity index (χ4v) is 3.36. The second kappa shape index (κ2) is 5.95. The number of carboxylic acids is 1. The molecule has 0 aliphatic carbocycles. The molecule has 4 nitrogen and oxygen atoms in total. The van der Waals surface area contributed by atoms with Crippen LogP contribution in [-0.2, 0) is 11.2 Å². The molecule has 3 rings (SSSR count). The molecule has 0 radical (unpaired) electrons. The second-order valence-electron chi connectivity index (χ2n) is 6.09. The number of carbonyl (C=O) groups is 1. The molecule has 0 aromatic heterocycles. The van der Waals surface area contributed by atoms with E-state index in [1.165, 1.54) is 0 Å². The normalized spacial score (nSPS) is 13.9. The van der Waals surface area contributed by atoms with Crippen LogP contribution in [-0.4, -0.2) is 17.9 Å². The fourth-order valence-electron chi connectivity index (χ4n) is 3.36. The van der Waals surface area contributed by atoms with Crippen LogP contribution in [0.15, 0.2) is 30.3 Å².